The van der Waals surface area contributed by atoms with Crippen LogP contribution in [-0.4, -0.2) is 27.0 Å². The SMILES string of the molecule is CCc1c(-c2ccc3c(c2)OCO3)nc(SCc2cc(-c3ccc(C)cc3)n[nH]2)[nH]c1=O. The Morgan fingerprint density at radius 1 is 1.03 bits per heavy atom. The molecule has 0 atom stereocenters. The van der Waals surface area contributed by atoms with Gasteiger partial charge in [0.15, 0.2) is 16.7 Å². The van der Waals surface area contributed by atoms with Gasteiger partial charge in [-0.25, -0.2) is 4.98 Å². The third kappa shape index (κ3) is 4.01. The molecule has 0 unspecified atom stereocenters. The maximum atomic E-state index is 12.7. The van der Waals surface area contributed by atoms with E-state index in [0.717, 1.165) is 22.5 Å². The van der Waals surface area contributed by atoms with Crippen molar-refractivity contribution in [2.24, 2.45) is 0 Å². The second-order valence-corrected chi connectivity index (χ2v) is 8.52. The van der Waals surface area contributed by atoms with Gasteiger partial charge in [-0.3, -0.25) is 9.89 Å². The van der Waals surface area contributed by atoms with Crippen LogP contribution in [0.15, 0.2) is 58.5 Å². The van der Waals surface area contributed by atoms with Crippen LogP contribution in [0.4, 0.5) is 0 Å². The van der Waals surface area contributed by atoms with Crippen LogP contribution >= 0.6 is 11.8 Å². The van der Waals surface area contributed by atoms with E-state index in [9.17, 15) is 4.79 Å². The quantitative estimate of drug-likeness (QED) is 0.329. The number of rotatable bonds is 6. The van der Waals surface area contributed by atoms with Gasteiger partial charge in [-0.05, 0) is 37.6 Å². The van der Waals surface area contributed by atoms with Gasteiger partial charge in [-0.2, -0.15) is 5.10 Å². The summed E-state index contributed by atoms with van der Waals surface area (Å²) >= 11 is 1.46. The molecule has 0 aliphatic carbocycles. The number of fused-ring (bicyclic) bond motifs is 1. The van der Waals surface area contributed by atoms with Crippen molar-refractivity contribution >= 4 is 11.8 Å². The first kappa shape index (κ1) is 20.4. The summed E-state index contributed by atoms with van der Waals surface area (Å²) in [5, 5.41) is 8.06. The smallest absolute Gasteiger partial charge is 0.255 e. The Balaban J connectivity index is 1.39. The van der Waals surface area contributed by atoms with Gasteiger partial charge in [0.25, 0.3) is 5.56 Å². The first-order valence-corrected chi connectivity index (χ1v) is 11.4. The van der Waals surface area contributed by atoms with Crippen LogP contribution in [0, 0.1) is 6.92 Å². The molecule has 162 valence electrons. The zero-order valence-electron chi connectivity index (χ0n) is 17.8. The molecule has 0 spiro atoms. The van der Waals surface area contributed by atoms with Crippen molar-refractivity contribution < 1.29 is 9.47 Å². The van der Waals surface area contributed by atoms with Crippen molar-refractivity contribution in [1.82, 2.24) is 20.2 Å². The summed E-state index contributed by atoms with van der Waals surface area (Å²) in [6.07, 6.45) is 0.581. The molecule has 4 aromatic rings. The average Bonchev–Trinajstić information content (AvgIpc) is 3.47. The van der Waals surface area contributed by atoms with Gasteiger partial charge >= 0.3 is 0 Å². The molecule has 0 amide bonds. The fourth-order valence-electron chi connectivity index (χ4n) is 3.61. The number of aromatic nitrogens is 4. The summed E-state index contributed by atoms with van der Waals surface area (Å²) in [6, 6.07) is 15.9. The molecule has 1 aliphatic heterocycles. The Bertz CT molecular complexity index is 1330. The number of nitrogens with zero attached hydrogens (tertiary/aromatic N) is 2. The van der Waals surface area contributed by atoms with E-state index in [4.69, 9.17) is 14.5 Å². The second kappa shape index (κ2) is 8.55. The van der Waals surface area contributed by atoms with E-state index in [1.54, 1.807) is 0 Å². The van der Waals surface area contributed by atoms with E-state index in [2.05, 4.69) is 46.4 Å². The lowest BCUT2D eigenvalue weighted by molar-refractivity contribution is 0.174. The summed E-state index contributed by atoms with van der Waals surface area (Å²) in [7, 11) is 0. The van der Waals surface area contributed by atoms with Crippen LogP contribution in [-0.2, 0) is 12.2 Å². The van der Waals surface area contributed by atoms with E-state index in [0.29, 0.717) is 40.1 Å². The summed E-state index contributed by atoms with van der Waals surface area (Å²) in [6.45, 7) is 4.22. The number of hydrogen-bond donors (Lipinski definition) is 2. The van der Waals surface area contributed by atoms with Crippen LogP contribution < -0.4 is 15.0 Å². The Morgan fingerprint density at radius 2 is 1.81 bits per heavy atom. The fourth-order valence-corrected chi connectivity index (χ4v) is 4.37. The van der Waals surface area contributed by atoms with E-state index in [-0.39, 0.29) is 12.4 Å². The van der Waals surface area contributed by atoms with E-state index in [1.165, 1.54) is 17.3 Å². The lowest BCUT2D eigenvalue weighted by Crippen LogP contribution is -2.16. The molecule has 2 aromatic carbocycles. The van der Waals surface area contributed by atoms with Crippen molar-refractivity contribution in [2.75, 3.05) is 6.79 Å². The van der Waals surface area contributed by atoms with E-state index < -0.39 is 0 Å². The van der Waals surface area contributed by atoms with Crippen molar-refractivity contribution in [3.8, 4) is 34.0 Å². The van der Waals surface area contributed by atoms with Crippen LogP contribution in [0.1, 0.15) is 23.7 Å². The summed E-state index contributed by atoms with van der Waals surface area (Å²) in [5.41, 5.74) is 6.15. The normalized spacial score (nSPS) is 12.3. The van der Waals surface area contributed by atoms with Gasteiger partial charge in [0.2, 0.25) is 6.79 Å². The summed E-state index contributed by atoms with van der Waals surface area (Å²) in [4.78, 5) is 20.4. The molecule has 0 bridgehead atoms. The van der Waals surface area contributed by atoms with Gasteiger partial charge in [0.1, 0.15) is 0 Å². The van der Waals surface area contributed by atoms with E-state index in [1.807, 2.05) is 31.2 Å². The van der Waals surface area contributed by atoms with Gasteiger partial charge in [-0.1, -0.05) is 48.5 Å². The topological polar surface area (TPSA) is 92.9 Å². The highest BCUT2D eigenvalue weighted by molar-refractivity contribution is 7.98. The van der Waals surface area contributed by atoms with Crippen LogP contribution in [0.3, 0.4) is 0 Å². The number of hydrogen-bond acceptors (Lipinski definition) is 6. The third-order valence-electron chi connectivity index (χ3n) is 5.34. The molecule has 0 fully saturated rings. The predicted octanol–water partition coefficient (Wildman–Crippen LogP) is 4.72. The van der Waals surface area contributed by atoms with Crippen LogP contribution in [0.5, 0.6) is 11.5 Å². The molecule has 5 rings (SSSR count). The van der Waals surface area contributed by atoms with Gasteiger partial charge < -0.3 is 14.5 Å². The molecule has 7 nitrogen and oxygen atoms in total. The molecular weight excluding hydrogens is 424 g/mol. The first-order valence-electron chi connectivity index (χ1n) is 10.4. The standard InChI is InChI=1S/C24H22N4O3S/c1-3-18-22(16-8-9-20-21(10-16)31-13-30-20)25-24(26-23(18)29)32-12-17-11-19(28-27-17)15-6-4-14(2)5-7-15/h4-11H,3,12-13H2,1-2H3,(H,27,28)(H,25,26,29). The zero-order valence-corrected chi connectivity index (χ0v) is 18.6. The lowest BCUT2D eigenvalue weighted by atomic mass is 10.0. The number of ether oxygens (including phenoxy) is 2. The molecule has 0 saturated heterocycles. The summed E-state index contributed by atoms with van der Waals surface area (Å²) < 4.78 is 10.9. The minimum absolute atomic E-state index is 0.123. The predicted molar refractivity (Wildman–Crippen MR) is 124 cm³/mol. The zero-order chi connectivity index (χ0) is 22.1. The Hall–Kier alpha value is -3.52. The summed E-state index contributed by atoms with van der Waals surface area (Å²) in [5.74, 6) is 1.98. The van der Waals surface area contributed by atoms with Gasteiger partial charge in [0, 0.05) is 28.1 Å². The number of H-pyrrole nitrogens is 2. The minimum atomic E-state index is -0.123. The van der Waals surface area contributed by atoms with Crippen molar-refractivity contribution in [3.63, 3.8) is 0 Å². The third-order valence-corrected chi connectivity index (χ3v) is 6.26. The molecule has 0 radical (unpaired) electrons. The molecular formula is C24H22N4O3S. The number of aryl methyl sites for hydroxylation is 1. The van der Waals surface area contributed by atoms with Crippen molar-refractivity contribution in [1.29, 1.82) is 0 Å². The molecule has 0 saturated carbocycles. The number of nitrogens with one attached hydrogen (secondary N) is 2. The number of benzene rings is 2. The Morgan fingerprint density at radius 3 is 2.62 bits per heavy atom. The maximum absolute atomic E-state index is 12.7. The Kier molecular flexibility index (Phi) is 5.45. The fraction of sp³-hybridized carbons (Fsp3) is 0.208. The van der Waals surface area contributed by atoms with Crippen LogP contribution in [0.2, 0.25) is 0 Å². The second-order valence-electron chi connectivity index (χ2n) is 7.55. The highest BCUT2D eigenvalue weighted by atomic mass is 32.2. The van der Waals surface area contributed by atoms with Crippen LogP contribution in [0.25, 0.3) is 22.5 Å². The van der Waals surface area contributed by atoms with Crippen molar-refractivity contribution in [2.45, 2.75) is 31.2 Å². The van der Waals surface area contributed by atoms with Crippen molar-refractivity contribution in [3.05, 3.63) is 75.7 Å². The highest BCUT2D eigenvalue weighted by Crippen LogP contribution is 2.36. The molecule has 2 aromatic heterocycles. The van der Waals surface area contributed by atoms with Gasteiger partial charge in [-0.15, -0.1) is 0 Å². The Labute approximate surface area is 189 Å². The average molecular weight is 447 g/mol. The largest absolute Gasteiger partial charge is 0.454 e. The number of thioether (sulfide) groups is 1. The molecule has 8 heteroatoms. The minimum Gasteiger partial charge on any atom is -0.454 e. The molecule has 3 heterocycles. The first-order chi connectivity index (χ1) is 15.6. The molecule has 32 heavy (non-hydrogen) atoms. The number of aromatic amines is 2. The highest BCUT2D eigenvalue weighted by Gasteiger charge is 2.18. The van der Waals surface area contributed by atoms with E-state index >= 15 is 0 Å². The maximum Gasteiger partial charge on any atom is 0.255 e. The molecule has 2 N–H and O–H groups in total. The lowest BCUT2D eigenvalue weighted by Gasteiger charge is -2.09. The monoisotopic (exact) mass is 446 g/mol. The van der Waals surface area contributed by atoms with Gasteiger partial charge in [0.05, 0.1) is 11.4 Å². The molecule has 1 aliphatic rings.